The Hall–Kier alpha value is -2.47. The summed E-state index contributed by atoms with van der Waals surface area (Å²) in [6.07, 6.45) is 1.96. The molecule has 3 aromatic rings. The van der Waals surface area contributed by atoms with E-state index in [9.17, 15) is 5.11 Å². The van der Waals surface area contributed by atoms with E-state index in [0.717, 1.165) is 23.5 Å². The molecule has 0 radical (unpaired) electrons. The summed E-state index contributed by atoms with van der Waals surface area (Å²) in [6.45, 7) is 4.63. The molecule has 0 amide bonds. The highest BCUT2D eigenvalue weighted by atomic mass is 35.5. The van der Waals surface area contributed by atoms with Gasteiger partial charge < -0.3 is 19.0 Å². The maximum Gasteiger partial charge on any atom is 0.138 e. The zero-order chi connectivity index (χ0) is 21.2. The Morgan fingerprint density at radius 2 is 1.80 bits per heavy atom. The minimum Gasteiger partial charge on any atom is -0.494 e. The highest BCUT2D eigenvalue weighted by molar-refractivity contribution is 6.32. The Morgan fingerprint density at radius 3 is 2.50 bits per heavy atom. The second-order valence-corrected chi connectivity index (χ2v) is 7.54. The van der Waals surface area contributed by atoms with Gasteiger partial charge in [0.15, 0.2) is 0 Å². The molecular formula is C24H28ClNO4. The van der Waals surface area contributed by atoms with Crippen LogP contribution in [0, 0.1) is 0 Å². The van der Waals surface area contributed by atoms with Crippen molar-refractivity contribution in [3.05, 3.63) is 83.3 Å². The van der Waals surface area contributed by atoms with Crippen LogP contribution in [0.2, 0.25) is 5.02 Å². The molecule has 1 atom stereocenters. The van der Waals surface area contributed by atoms with Gasteiger partial charge in [-0.05, 0) is 48.4 Å². The fourth-order valence-corrected chi connectivity index (χ4v) is 3.27. The normalized spacial score (nSPS) is 12.1. The molecule has 1 heterocycles. The van der Waals surface area contributed by atoms with Crippen molar-refractivity contribution in [2.75, 3.05) is 19.8 Å². The quantitative estimate of drug-likeness (QED) is 0.430. The van der Waals surface area contributed by atoms with E-state index in [4.69, 9.17) is 25.5 Å². The van der Waals surface area contributed by atoms with Gasteiger partial charge in [0.1, 0.15) is 30.0 Å². The van der Waals surface area contributed by atoms with Gasteiger partial charge in [-0.3, -0.25) is 4.90 Å². The molecule has 2 aromatic carbocycles. The number of hydrogen-bond donors (Lipinski definition) is 1. The van der Waals surface area contributed by atoms with Crippen LogP contribution < -0.4 is 9.47 Å². The zero-order valence-electron chi connectivity index (χ0n) is 17.2. The maximum absolute atomic E-state index is 10.6. The lowest BCUT2D eigenvalue weighted by molar-refractivity contribution is 0.0605. The first kappa shape index (κ1) is 22.2. The summed E-state index contributed by atoms with van der Waals surface area (Å²) < 4.78 is 16.8. The minimum absolute atomic E-state index is 0.155. The van der Waals surface area contributed by atoms with Gasteiger partial charge in [-0.25, -0.2) is 0 Å². The summed E-state index contributed by atoms with van der Waals surface area (Å²) in [6, 6.07) is 19.1. The molecular weight excluding hydrogens is 402 g/mol. The minimum atomic E-state index is -0.677. The van der Waals surface area contributed by atoms with Gasteiger partial charge in [-0.15, -0.1) is 0 Å². The molecule has 0 spiro atoms. The SMILES string of the molecule is CCCOc1ccc(CN(Cc2ccco2)CC(O)COc2ccccc2Cl)cc1. The average Bonchev–Trinajstić information content (AvgIpc) is 3.25. The number of nitrogens with zero attached hydrogens (tertiary/aromatic N) is 1. The highest BCUT2D eigenvalue weighted by Crippen LogP contribution is 2.23. The Labute approximate surface area is 182 Å². The fraction of sp³-hybridized carbons (Fsp3) is 0.333. The van der Waals surface area contributed by atoms with E-state index in [2.05, 4.69) is 11.8 Å². The second-order valence-electron chi connectivity index (χ2n) is 7.14. The number of hydrogen-bond acceptors (Lipinski definition) is 5. The van der Waals surface area contributed by atoms with Gasteiger partial charge >= 0.3 is 0 Å². The Morgan fingerprint density at radius 1 is 1.00 bits per heavy atom. The summed E-state index contributed by atoms with van der Waals surface area (Å²) in [7, 11) is 0. The third-order valence-electron chi connectivity index (χ3n) is 4.50. The Balaban J connectivity index is 1.59. The van der Waals surface area contributed by atoms with Crippen LogP contribution in [0.4, 0.5) is 0 Å². The molecule has 6 heteroatoms. The fourth-order valence-electron chi connectivity index (χ4n) is 3.08. The van der Waals surface area contributed by atoms with Crippen LogP contribution in [0.5, 0.6) is 11.5 Å². The molecule has 1 aromatic heterocycles. The molecule has 0 aliphatic rings. The van der Waals surface area contributed by atoms with Crippen molar-refractivity contribution in [1.29, 1.82) is 0 Å². The largest absolute Gasteiger partial charge is 0.494 e. The van der Waals surface area contributed by atoms with Gasteiger partial charge in [0, 0.05) is 13.1 Å². The standard InChI is InChI=1S/C24H28ClNO4/c1-2-13-28-21-11-9-19(10-12-21)15-26(17-22-6-5-14-29-22)16-20(27)18-30-24-8-4-3-7-23(24)25/h3-12,14,20,27H,2,13,15-18H2,1H3. The van der Waals surface area contributed by atoms with E-state index in [1.807, 2.05) is 48.5 Å². The molecule has 1 N–H and O–H groups in total. The summed E-state index contributed by atoms with van der Waals surface area (Å²) in [5.41, 5.74) is 1.13. The molecule has 1 unspecified atom stereocenters. The van der Waals surface area contributed by atoms with Crippen molar-refractivity contribution in [2.45, 2.75) is 32.5 Å². The van der Waals surface area contributed by atoms with E-state index >= 15 is 0 Å². The van der Waals surface area contributed by atoms with E-state index in [1.54, 1.807) is 18.4 Å². The molecule has 0 aliphatic heterocycles. The first-order valence-electron chi connectivity index (χ1n) is 10.2. The first-order valence-corrected chi connectivity index (χ1v) is 10.5. The molecule has 0 fully saturated rings. The van der Waals surface area contributed by atoms with Gasteiger partial charge in [0.25, 0.3) is 0 Å². The lowest BCUT2D eigenvalue weighted by atomic mass is 10.2. The van der Waals surface area contributed by atoms with Gasteiger partial charge in [0.05, 0.1) is 24.4 Å². The van der Waals surface area contributed by atoms with Crippen LogP contribution in [0.3, 0.4) is 0 Å². The summed E-state index contributed by atoms with van der Waals surface area (Å²) >= 11 is 6.12. The third kappa shape index (κ3) is 7.10. The highest BCUT2D eigenvalue weighted by Gasteiger charge is 2.16. The van der Waals surface area contributed by atoms with Crippen molar-refractivity contribution in [1.82, 2.24) is 4.90 Å². The van der Waals surface area contributed by atoms with E-state index in [-0.39, 0.29) is 6.61 Å². The Bertz CT molecular complexity index is 867. The predicted octanol–water partition coefficient (Wildman–Crippen LogP) is 5.16. The van der Waals surface area contributed by atoms with Crippen molar-refractivity contribution in [3.63, 3.8) is 0 Å². The molecule has 3 rings (SSSR count). The number of furan rings is 1. The number of ether oxygens (including phenoxy) is 2. The van der Waals surface area contributed by atoms with E-state index < -0.39 is 6.10 Å². The molecule has 0 bridgehead atoms. The number of halogens is 1. The van der Waals surface area contributed by atoms with Gasteiger partial charge in [-0.1, -0.05) is 42.8 Å². The van der Waals surface area contributed by atoms with E-state index in [0.29, 0.717) is 37.0 Å². The lowest BCUT2D eigenvalue weighted by Gasteiger charge is -2.24. The van der Waals surface area contributed by atoms with Crippen LogP contribution in [-0.4, -0.2) is 35.9 Å². The number of rotatable bonds is 12. The smallest absolute Gasteiger partial charge is 0.138 e. The number of aliphatic hydroxyl groups excluding tert-OH is 1. The van der Waals surface area contributed by atoms with Gasteiger partial charge in [-0.2, -0.15) is 0 Å². The van der Waals surface area contributed by atoms with Crippen molar-refractivity contribution < 1.29 is 19.0 Å². The molecule has 160 valence electrons. The van der Waals surface area contributed by atoms with Crippen LogP contribution >= 0.6 is 11.6 Å². The van der Waals surface area contributed by atoms with Crippen LogP contribution in [-0.2, 0) is 13.1 Å². The van der Waals surface area contributed by atoms with Crippen molar-refractivity contribution >= 4 is 11.6 Å². The summed E-state index contributed by atoms with van der Waals surface area (Å²) in [5.74, 6) is 2.28. The molecule has 0 aliphatic carbocycles. The predicted molar refractivity (Wildman–Crippen MR) is 118 cm³/mol. The van der Waals surface area contributed by atoms with E-state index in [1.165, 1.54) is 0 Å². The maximum atomic E-state index is 10.6. The summed E-state index contributed by atoms with van der Waals surface area (Å²) in [4.78, 5) is 2.13. The van der Waals surface area contributed by atoms with Crippen LogP contribution in [0.1, 0.15) is 24.7 Å². The average molecular weight is 430 g/mol. The first-order chi connectivity index (χ1) is 14.6. The molecule has 5 nitrogen and oxygen atoms in total. The molecule has 30 heavy (non-hydrogen) atoms. The Kier molecular flexibility index (Phi) is 8.63. The number of benzene rings is 2. The van der Waals surface area contributed by atoms with Crippen molar-refractivity contribution in [3.8, 4) is 11.5 Å². The molecule has 0 saturated carbocycles. The summed E-state index contributed by atoms with van der Waals surface area (Å²) in [5, 5.41) is 11.1. The number of aliphatic hydroxyl groups is 1. The third-order valence-corrected chi connectivity index (χ3v) is 4.81. The van der Waals surface area contributed by atoms with Crippen LogP contribution in [0.25, 0.3) is 0 Å². The lowest BCUT2D eigenvalue weighted by Crippen LogP contribution is -2.35. The van der Waals surface area contributed by atoms with Crippen molar-refractivity contribution in [2.24, 2.45) is 0 Å². The monoisotopic (exact) mass is 429 g/mol. The topological polar surface area (TPSA) is 55.1 Å². The second kappa shape index (κ2) is 11.6. The molecule has 0 saturated heterocycles. The zero-order valence-corrected chi connectivity index (χ0v) is 17.9. The number of para-hydroxylation sites is 1. The van der Waals surface area contributed by atoms with Gasteiger partial charge in [0.2, 0.25) is 0 Å². The van der Waals surface area contributed by atoms with Crippen LogP contribution in [0.15, 0.2) is 71.3 Å².